The normalized spacial score (nSPS) is 24.1. The van der Waals surface area contributed by atoms with E-state index in [1.54, 1.807) is 0 Å². The van der Waals surface area contributed by atoms with Crippen LogP contribution in [0, 0.1) is 0 Å². The Labute approximate surface area is 94.5 Å². The Morgan fingerprint density at radius 2 is 2.12 bits per heavy atom. The van der Waals surface area contributed by atoms with Crippen LogP contribution < -0.4 is 14.8 Å². The van der Waals surface area contributed by atoms with Crippen LogP contribution in [0.3, 0.4) is 0 Å². The van der Waals surface area contributed by atoms with Crippen LogP contribution >= 0.6 is 0 Å². The molecule has 2 heterocycles. The summed E-state index contributed by atoms with van der Waals surface area (Å²) in [5, 5.41) is 3.37. The SMILES string of the molecule is c1cc2c(cc1C1CNCCCO1)OCO2. The van der Waals surface area contributed by atoms with Crippen molar-refractivity contribution in [2.45, 2.75) is 12.5 Å². The number of hydrogen-bond acceptors (Lipinski definition) is 4. The van der Waals surface area contributed by atoms with Crippen molar-refractivity contribution in [2.24, 2.45) is 0 Å². The molecule has 86 valence electrons. The van der Waals surface area contributed by atoms with E-state index in [0.29, 0.717) is 6.79 Å². The average Bonchev–Trinajstić information content (AvgIpc) is 2.61. The van der Waals surface area contributed by atoms with Crippen LogP contribution in [-0.2, 0) is 4.74 Å². The van der Waals surface area contributed by atoms with Gasteiger partial charge < -0.3 is 19.5 Å². The fraction of sp³-hybridized carbons (Fsp3) is 0.500. The van der Waals surface area contributed by atoms with Gasteiger partial charge in [-0.15, -0.1) is 0 Å². The topological polar surface area (TPSA) is 39.7 Å². The highest BCUT2D eigenvalue weighted by molar-refractivity contribution is 5.45. The Hall–Kier alpha value is -1.26. The van der Waals surface area contributed by atoms with Gasteiger partial charge in [0.15, 0.2) is 11.5 Å². The lowest BCUT2D eigenvalue weighted by atomic mass is 10.1. The average molecular weight is 221 g/mol. The van der Waals surface area contributed by atoms with E-state index in [0.717, 1.165) is 43.2 Å². The lowest BCUT2D eigenvalue weighted by Gasteiger charge is -2.15. The third-order valence-electron chi connectivity index (χ3n) is 2.92. The van der Waals surface area contributed by atoms with Crippen LogP contribution in [-0.4, -0.2) is 26.5 Å². The minimum atomic E-state index is 0.122. The molecule has 1 fully saturated rings. The van der Waals surface area contributed by atoms with E-state index in [2.05, 4.69) is 5.32 Å². The highest BCUT2D eigenvalue weighted by Crippen LogP contribution is 2.34. The largest absolute Gasteiger partial charge is 0.454 e. The second-order valence-electron chi connectivity index (χ2n) is 4.03. The second kappa shape index (κ2) is 4.31. The van der Waals surface area contributed by atoms with Gasteiger partial charge in [0.05, 0.1) is 6.10 Å². The minimum absolute atomic E-state index is 0.122. The third-order valence-corrected chi connectivity index (χ3v) is 2.92. The zero-order valence-electron chi connectivity index (χ0n) is 9.07. The molecule has 0 radical (unpaired) electrons. The Balaban J connectivity index is 1.82. The molecule has 1 unspecified atom stereocenters. The van der Waals surface area contributed by atoms with Crippen molar-refractivity contribution in [1.29, 1.82) is 0 Å². The Kier molecular flexibility index (Phi) is 2.68. The van der Waals surface area contributed by atoms with Crippen molar-refractivity contribution in [2.75, 3.05) is 26.5 Å². The summed E-state index contributed by atoms with van der Waals surface area (Å²) in [7, 11) is 0. The molecule has 4 heteroatoms. The summed E-state index contributed by atoms with van der Waals surface area (Å²) in [5.74, 6) is 1.65. The predicted octanol–water partition coefficient (Wildman–Crippen LogP) is 1.47. The van der Waals surface area contributed by atoms with Gasteiger partial charge in [-0.05, 0) is 30.7 Å². The molecule has 0 spiro atoms. The van der Waals surface area contributed by atoms with E-state index in [1.807, 2.05) is 18.2 Å². The molecule has 2 aliphatic rings. The summed E-state index contributed by atoms with van der Waals surface area (Å²) in [6.45, 7) is 3.02. The minimum Gasteiger partial charge on any atom is -0.454 e. The van der Waals surface area contributed by atoms with Gasteiger partial charge in [-0.2, -0.15) is 0 Å². The Morgan fingerprint density at radius 1 is 1.19 bits per heavy atom. The summed E-state index contributed by atoms with van der Waals surface area (Å²) in [6, 6.07) is 6.01. The summed E-state index contributed by atoms with van der Waals surface area (Å²) in [5.41, 5.74) is 1.15. The summed E-state index contributed by atoms with van der Waals surface area (Å²) in [4.78, 5) is 0. The molecule has 1 saturated heterocycles. The first-order valence-electron chi connectivity index (χ1n) is 5.65. The monoisotopic (exact) mass is 221 g/mol. The van der Waals surface area contributed by atoms with Gasteiger partial charge in [0, 0.05) is 13.2 Å². The molecule has 0 amide bonds. The van der Waals surface area contributed by atoms with E-state index in [9.17, 15) is 0 Å². The molecule has 0 aliphatic carbocycles. The standard InChI is InChI=1S/C12H15NO3/c1-4-13-7-12(14-5-1)9-2-3-10-11(6-9)16-8-15-10/h2-3,6,12-13H,1,4-5,7-8H2. The van der Waals surface area contributed by atoms with Crippen molar-refractivity contribution in [3.8, 4) is 11.5 Å². The molecular weight excluding hydrogens is 206 g/mol. The molecular formula is C12H15NO3. The molecule has 2 aliphatic heterocycles. The van der Waals surface area contributed by atoms with Crippen LogP contribution in [0.5, 0.6) is 11.5 Å². The number of benzene rings is 1. The van der Waals surface area contributed by atoms with Crippen molar-refractivity contribution < 1.29 is 14.2 Å². The quantitative estimate of drug-likeness (QED) is 0.779. The van der Waals surface area contributed by atoms with Crippen molar-refractivity contribution in [3.05, 3.63) is 23.8 Å². The second-order valence-corrected chi connectivity index (χ2v) is 4.03. The number of rotatable bonds is 1. The van der Waals surface area contributed by atoms with Crippen LogP contribution in [0.4, 0.5) is 0 Å². The molecule has 0 aromatic heterocycles. The first-order valence-corrected chi connectivity index (χ1v) is 5.65. The fourth-order valence-electron chi connectivity index (χ4n) is 2.04. The van der Waals surface area contributed by atoms with E-state index >= 15 is 0 Å². The molecule has 3 rings (SSSR count). The lowest BCUT2D eigenvalue weighted by molar-refractivity contribution is 0.0667. The lowest BCUT2D eigenvalue weighted by Crippen LogP contribution is -2.20. The van der Waals surface area contributed by atoms with E-state index in [-0.39, 0.29) is 6.10 Å². The van der Waals surface area contributed by atoms with Gasteiger partial charge in [0.2, 0.25) is 6.79 Å². The zero-order valence-corrected chi connectivity index (χ0v) is 9.07. The highest BCUT2D eigenvalue weighted by atomic mass is 16.7. The molecule has 0 saturated carbocycles. The van der Waals surface area contributed by atoms with Crippen LogP contribution in [0.1, 0.15) is 18.1 Å². The Bertz CT molecular complexity index is 373. The maximum absolute atomic E-state index is 5.79. The molecule has 1 aromatic rings. The molecule has 1 aromatic carbocycles. The van der Waals surface area contributed by atoms with E-state index in [1.165, 1.54) is 0 Å². The molecule has 1 atom stereocenters. The predicted molar refractivity (Wildman–Crippen MR) is 58.7 cm³/mol. The molecule has 4 nitrogen and oxygen atoms in total. The highest BCUT2D eigenvalue weighted by Gasteiger charge is 2.19. The number of nitrogens with one attached hydrogen (secondary N) is 1. The third kappa shape index (κ3) is 1.86. The summed E-state index contributed by atoms with van der Waals surface area (Å²) in [6.07, 6.45) is 1.19. The summed E-state index contributed by atoms with van der Waals surface area (Å²) >= 11 is 0. The number of ether oxygens (including phenoxy) is 3. The van der Waals surface area contributed by atoms with Crippen molar-refractivity contribution in [1.82, 2.24) is 5.32 Å². The first kappa shape index (κ1) is 9.93. The Morgan fingerprint density at radius 3 is 3.12 bits per heavy atom. The van der Waals surface area contributed by atoms with Crippen LogP contribution in [0.15, 0.2) is 18.2 Å². The van der Waals surface area contributed by atoms with Gasteiger partial charge in [-0.3, -0.25) is 0 Å². The zero-order chi connectivity index (χ0) is 10.8. The molecule has 16 heavy (non-hydrogen) atoms. The maximum atomic E-state index is 5.79. The van der Waals surface area contributed by atoms with Gasteiger partial charge in [0.25, 0.3) is 0 Å². The van der Waals surface area contributed by atoms with Gasteiger partial charge in [0.1, 0.15) is 0 Å². The summed E-state index contributed by atoms with van der Waals surface area (Å²) < 4.78 is 16.4. The first-order chi connectivity index (χ1) is 7.93. The van der Waals surface area contributed by atoms with Gasteiger partial charge >= 0.3 is 0 Å². The van der Waals surface area contributed by atoms with E-state index < -0.39 is 0 Å². The van der Waals surface area contributed by atoms with Crippen molar-refractivity contribution >= 4 is 0 Å². The number of fused-ring (bicyclic) bond motifs is 1. The molecule has 1 N–H and O–H groups in total. The fourth-order valence-corrected chi connectivity index (χ4v) is 2.04. The van der Waals surface area contributed by atoms with Crippen molar-refractivity contribution in [3.63, 3.8) is 0 Å². The smallest absolute Gasteiger partial charge is 0.231 e. The van der Waals surface area contributed by atoms with Gasteiger partial charge in [-0.25, -0.2) is 0 Å². The maximum Gasteiger partial charge on any atom is 0.231 e. The van der Waals surface area contributed by atoms with Crippen LogP contribution in [0.25, 0.3) is 0 Å². The van der Waals surface area contributed by atoms with Crippen LogP contribution in [0.2, 0.25) is 0 Å². The number of hydrogen-bond donors (Lipinski definition) is 1. The molecule has 0 bridgehead atoms. The van der Waals surface area contributed by atoms with Gasteiger partial charge in [-0.1, -0.05) is 6.07 Å². The van der Waals surface area contributed by atoms with E-state index in [4.69, 9.17) is 14.2 Å².